The quantitative estimate of drug-likeness (QED) is 0.811. The molecule has 2 N–H and O–H groups in total. The molecule has 72 valence electrons. The third-order valence-electron chi connectivity index (χ3n) is 1.59. The number of thiophene rings is 1. The fourth-order valence-corrected chi connectivity index (χ4v) is 1.86. The van der Waals surface area contributed by atoms with Gasteiger partial charge in [0.15, 0.2) is 0 Å². The van der Waals surface area contributed by atoms with Crippen LogP contribution in [0.25, 0.3) is 0 Å². The van der Waals surface area contributed by atoms with Crippen molar-refractivity contribution < 1.29 is 9.53 Å². The average molecular weight is 199 g/mol. The summed E-state index contributed by atoms with van der Waals surface area (Å²) in [5, 5.41) is 4.03. The van der Waals surface area contributed by atoms with E-state index in [0.29, 0.717) is 6.42 Å². The molecule has 0 unspecified atom stereocenters. The van der Waals surface area contributed by atoms with E-state index in [9.17, 15) is 4.79 Å². The molecule has 0 aliphatic rings. The highest BCUT2D eigenvalue weighted by atomic mass is 32.1. The Balaban J connectivity index is 2.56. The van der Waals surface area contributed by atoms with Gasteiger partial charge >= 0.3 is 6.09 Å². The number of carbonyl (C=O) groups is 1. The molecule has 0 fully saturated rings. The number of ether oxygens (including phenoxy) is 1. The Labute approximate surface area is 81.5 Å². The first-order valence-corrected chi connectivity index (χ1v) is 4.93. The van der Waals surface area contributed by atoms with Gasteiger partial charge in [-0.15, -0.1) is 0 Å². The van der Waals surface area contributed by atoms with Gasteiger partial charge in [-0.25, -0.2) is 4.79 Å². The lowest BCUT2D eigenvalue weighted by atomic mass is 10.0. The van der Waals surface area contributed by atoms with Gasteiger partial charge in [0.1, 0.15) is 5.60 Å². The molecule has 0 radical (unpaired) electrons. The molecule has 1 rings (SSSR count). The standard InChI is InChI=1S/C9H13NO2S/c1-9(2,12-8(10)11)5-7-3-4-13-6-7/h3-4,6H,5H2,1-2H3,(H2,10,11). The van der Waals surface area contributed by atoms with Crippen molar-refractivity contribution in [3.05, 3.63) is 22.4 Å². The molecule has 1 heterocycles. The molecule has 1 aromatic heterocycles. The van der Waals surface area contributed by atoms with Crippen LogP contribution in [0.5, 0.6) is 0 Å². The fraction of sp³-hybridized carbons (Fsp3) is 0.444. The summed E-state index contributed by atoms with van der Waals surface area (Å²) in [5.41, 5.74) is 5.59. The van der Waals surface area contributed by atoms with Crippen LogP contribution in [0.3, 0.4) is 0 Å². The van der Waals surface area contributed by atoms with Crippen molar-refractivity contribution in [1.29, 1.82) is 0 Å². The summed E-state index contributed by atoms with van der Waals surface area (Å²) in [7, 11) is 0. The van der Waals surface area contributed by atoms with Crippen LogP contribution in [0, 0.1) is 0 Å². The zero-order valence-corrected chi connectivity index (χ0v) is 8.56. The molecule has 4 heteroatoms. The maximum atomic E-state index is 10.5. The zero-order chi connectivity index (χ0) is 9.90. The van der Waals surface area contributed by atoms with Crippen molar-refractivity contribution in [3.8, 4) is 0 Å². The number of amides is 1. The topological polar surface area (TPSA) is 52.3 Å². The summed E-state index contributed by atoms with van der Waals surface area (Å²) in [4.78, 5) is 10.5. The molecule has 0 saturated carbocycles. The fourth-order valence-electron chi connectivity index (χ4n) is 1.19. The van der Waals surface area contributed by atoms with Crippen LogP contribution in [-0.4, -0.2) is 11.7 Å². The first-order valence-electron chi connectivity index (χ1n) is 3.99. The molecule has 0 aliphatic heterocycles. The van der Waals surface area contributed by atoms with E-state index in [4.69, 9.17) is 10.5 Å². The summed E-state index contributed by atoms with van der Waals surface area (Å²) in [6.07, 6.45) is -0.0281. The molecule has 3 nitrogen and oxygen atoms in total. The predicted octanol–water partition coefficient (Wildman–Crippen LogP) is 2.16. The average Bonchev–Trinajstić information content (AvgIpc) is 2.34. The van der Waals surface area contributed by atoms with Crippen LogP contribution in [-0.2, 0) is 11.2 Å². The molecular weight excluding hydrogens is 186 g/mol. The van der Waals surface area contributed by atoms with E-state index in [1.807, 2.05) is 30.7 Å². The van der Waals surface area contributed by atoms with Gasteiger partial charge in [-0.05, 0) is 36.2 Å². The summed E-state index contributed by atoms with van der Waals surface area (Å²) in [6.45, 7) is 3.69. The van der Waals surface area contributed by atoms with Crippen LogP contribution in [0.15, 0.2) is 16.8 Å². The summed E-state index contributed by atoms with van der Waals surface area (Å²) >= 11 is 1.63. The number of nitrogens with two attached hydrogens (primary N) is 1. The minimum absolute atomic E-state index is 0.521. The van der Waals surface area contributed by atoms with E-state index in [1.165, 1.54) is 0 Å². The van der Waals surface area contributed by atoms with Crippen LogP contribution in [0.1, 0.15) is 19.4 Å². The first kappa shape index (κ1) is 10.1. The molecular formula is C9H13NO2S. The van der Waals surface area contributed by atoms with E-state index in [0.717, 1.165) is 5.56 Å². The van der Waals surface area contributed by atoms with E-state index in [1.54, 1.807) is 11.3 Å². The molecule has 0 saturated heterocycles. The van der Waals surface area contributed by atoms with Crippen LogP contribution < -0.4 is 5.73 Å². The Bertz CT molecular complexity index is 280. The molecule has 0 spiro atoms. The number of rotatable bonds is 3. The maximum Gasteiger partial charge on any atom is 0.405 e. The van der Waals surface area contributed by atoms with Gasteiger partial charge in [0.05, 0.1) is 0 Å². The van der Waals surface area contributed by atoms with Crippen molar-refractivity contribution >= 4 is 17.4 Å². The number of carbonyl (C=O) groups excluding carboxylic acids is 1. The van der Waals surface area contributed by atoms with Crippen molar-refractivity contribution in [1.82, 2.24) is 0 Å². The monoisotopic (exact) mass is 199 g/mol. The molecule has 1 aromatic rings. The Morgan fingerprint density at radius 3 is 2.85 bits per heavy atom. The van der Waals surface area contributed by atoms with E-state index < -0.39 is 11.7 Å². The lowest BCUT2D eigenvalue weighted by molar-refractivity contribution is 0.0461. The van der Waals surface area contributed by atoms with Crippen molar-refractivity contribution in [3.63, 3.8) is 0 Å². The Hall–Kier alpha value is -1.03. The van der Waals surface area contributed by atoms with Gasteiger partial charge in [0, 0.05) is 6.42 Å². The lowest BCUT2D eigenvalue weighted by Gasteiger charge is -2.23. The van der Waals surface area contributed by atoms with Gasteiger partial charge in [-0.1, -0.05) is 0 Å². The second-order valence-electron chi connectivity index (χ2n) is 3.49. The SMILES string of the molecule is CC(C)(Cc1ccsc1)OC(N)=O. The minimum atomic E-state index is -0.722. The Morgan fingerprint density at radius 2 is 2.38 bits per heavy atom. The smallest absolute Gasteiger partial charge is 0.405 e. The molecule has 0 bridgehead atoms. The summed E-state index contributed by atoms with van der Waals surface area (Å²) < 4.78 is 4.95. The van der Waals surface area contributed by atoms with Gasteiger partial charge in [-0.2, -0.15) is 11.3 Å². The maximum absolute atomic E-state index is 10.5. The highest BCUT2D eigenvalue weighted by Gasteiger charge is 2.22. The zero-order valence-electron chi connectivity index (χ0n) is 7.74. The minimum Gasteiger partial charge on any atom is -0.443 e. The second kappa shape index (κ2) is 3.79. The normalized spacial score (nSPS) is 11.2. The van der Waals surface area contributed by atoms with E-state index in [2.05, 4.69) is 0 Å². The highest BCUT2D eigenvalue weighted by molar-refractivity contribution is 7.07. The second-order valence-corrected chi connectivity index (χ2v) is 4.27. The molecule has 0 aromatic carbocycles. The molecule has 0 aliphatic carbocycles. The van der Waals surface area contributed by atoms with Gasteiger partial charge in [-0.3, -0.25) is 0 Å². The number of hydrogen-bond donors (Lipinski definition) is 1. The lowest BCUT2D eigenvalue weighted by Crippen LogP contribution is -2.33. The summed E-state index contributed by atoms with van der Waals surface area (Å²) in [5.74, 6) is 0. The van der Waals surface area contributed by atoms with E-state index in [-0.39, 0.29) is 0 Å². The third-order valence-corrected chi connectivity index (χ3v) is 2.32. The largest absolute Gasteiger partial charge is 0.443 e. The van der Waals surface area contributed by atoms with E-state index >= 15 is 0 Å². The van der Waals surface area contributed by atoms with Crippen LogP contribution in [0.4, 0.5) is 4.79 Å². The Morgan fingerprint density at radius 1 is 1.69 bits per heavy atom. The van der Waals surface area contributed by atoms with Crippen LogP contribution >= 0.6 is 11.3 Å². The van der Waals surface area contributed by atoms with Crippen molar-refractivity contribution in [2.24, 2.45) is 5.73 Å². The van der Waals surface area contributed by atoms with Crippen LogP contribution in [0.2, 0.25) is 0 Å². The molecule has 0 atom stereocenters. The van der Waals surface area contributed by atoms with Gasteiger partial charge in [0.25, 0.3) is 0 Å². The Kier molecular flexibility index (Phi) is 2.93. The first-order chi connectivity index (χ1) is 5.99. The highest BCUT2D eigenvalue weighted by Crippen LogP contribution is 2.18. The number of primary amides is 1. The summed E-state index contributed by atoms with van der Waals surface area (Å²) in [6, 6.07) is 2.01. The number of hydrogen-bond acceptors (Lipinski definition) is 3. The molecule has 13 heavy (non-hydrogen) atoms. The molecule has 1 amide bonds. The third kappa shape index (κ3) is 3.46. The van der Waals surface area contributed by atoms with Crippen molar-refractivity contribution in [2.75, 3.05) is 0 Å². The predicted molar refractivity (Wildman–Crippen MR) is 52.8 cm³/mol. The van der Waals surface area contributed by atoms with Gasteiger partial charge in [0.2, 0.25) is 0 Å². The van der Waals surface area contributed by atoms with Gasteiger partial charge < -0.3 is 10.5 Å². The van der Waals surface area contributed by atoms with Crippen molar-refractivity contribution in [2.45, 2.75) is 25.9 Å².